The molecule has 2 heterocycles. The fourth-order valence-electron chi connectivity index (χ4n) is 3.07. The molecule has 7 nitrogen and oxygen atoms in total. The molecular weight excluding hydrogens is 364 g/mol. The van der Waals surface area contributed by atoms with Crippen molar-refractivity contribution in [2.45, 2.75) is 23.8 Å². The van der Waals surface area contributed by atoms with Gasteiger partial charge in [0.2, 0.25) is 15.9 Å². The Morgan fingerprint density at radius 1 is 1.12 bits per heavy atom. The van der Waals surface area contributed by atoms with Crippen LogP contribution in [-0.4, -0.2) is 51.9 Å². The zero-order chi connectivity index (χ0) is 18.1. The molecule has 0 aliphatic carbocycles. The third-order valence-electron chi connectivity index (χ3n) is 4.46. The molecule has 25 heavy (non-hydrogen) atoms. The van der Waals surface area contributed by atoms with E-state index in [0.717, 1.165) is 5.41 Å². The lowest BCUT2D eigenvalue weighted by Gasteiger charge is -2.31. The first-order chi connectivity index (χ1) is 11.8. The van der Waals surface area contributed by atoms with E-state index in [1.807, 2.05) is 0 Å². The molecule has 1 N–H and O–H groups in total. The number of rotatable bonds is 4. The third-order valence-corrected chi connectivity index (χ3v) is 7.77. The number of hydrogen-bond donors (Lipinski definition) is 1. The van der Waals surface area contributed by atoms with Gasteiger partial charge in [-0.1, -0.05) is 18.2 Å². The largest absolute Gasteiger partial charge is 0.349 e. The number of carbonyl (C=O) groups is 1. The lowest BCUT2D eigenvalue weighted by atomic mass is 9.97. The summed E-state index contributed by atoms with van der Waals surface area (Å²) >= 11 is 0. The van der Waals surface area contributed by atoms with Gasteiger partial charge in [-0.15, -0.1) is 0 Å². The second kappa shape index (κ2) is 6.89. The number of nitrogens with zero attached hydrogens (tertiary/aromatic N) is 1. The van der Waals surface area contributed by atoms with Gasteiger partial charge in [-0.3, -0.25) is 4.79 Å². The van der Waals surface area contributed by atoms with Gasteiger partial charge in [-0.25, -0.2) is 16.8 Å². The van der Waals surface area contributed by atoms with E-state index < -0.39 is 25.9 Å². The molecule has 0 aromatic heterocycles. The first-order valence-electron chi connectivity index (χ1n) is 8.04. The molecule has 0 bridgehead atoms. The molecule has 0 radical (unpaired) electrons. The maximum Gasteiger partial charge on any atom is 0.243 e. The van der Waals surface area contributed by atoms with Gasteiger partial charge in [0.25, 0.3) is 0 Å². The van der Waals surface area contributed by atoms with E-state index in [1.54, 1.807) is 30.3 Å². The number of sulfonamides is 1. The summed E-state index contributed by atoms with van der Waals surface area (Å²) in [6.45, 7) is 0.544. The number of carbonyl (C=O) groups excluding carboxylic acids is 1. The third kappa shape index (κ3) is 4.10. The lowest BCUT2D eigenvalue weighted by molar-refractivity contribution is -0.126. The number of nitrogens with one attached hydrogen (secondary N) is 1. The van der Waals surface area contributed by atoms with Crippen LogP contribution in [0.2, 0.25) is 0 Å². The second-order valence-corrected chi connectivity index (χ2v) is 10.1. The maximum absolute atomic E-state index is 12.6. The summed E-state index contributed by atoms with van der Waals surface area (Å²) in [7, 11) is -6.75. The fourth-order valence-corrected chi connectivity index (χ4v) is 5.79. The summed E-state index contributed by atoms with van der Waals surface area (Å²) in [4.78, 5) is 12.5. The highest BCUT2D eigenvalue weighted by atomic mass is 32.2. The Balaban J connectivity index is 1.57. The summed E-state index contributed by atoms with van der Waals surface area (Å²) in [6, 6.07) is 7.73. The normalized spacial score (nSPS) is 24.2. The van der Waals surface area contributed by atoms with Crippen LogP contribution in [-0.2, 0) is 24.7 Å². The molecule has 136 valence electrons. The van der Waals surface area contributed by atoms with Crippen LogP contribution in [0.1, 0.15) is 12.8 Å². The SMILES string of the molecule is O=C(NC1C=CS(=O)(=O)C1)C1CCN(S(=O)(=O)c2ccccc2)CC1. The van der Waals surface area contributed by atoms with Gasteiger partial charge in [-0.05, 0) is 31.1 Å². The number of benzene rings is 1. The van der Waals surface area contributed by atoms with Crippen molar-refractivity contribution in [1.82, 2.24) is 9.62 Å². The molecule has 1 aromatic carbocycles. The van der Waals surface area contributed by atoms with Crippen molar-refractivity contribution in [3.63, 3.8) is 0 Å². The zero-order valence-electron chi connectivity index (χ0n) is 13.5. The van der Waals surface area contributed by atoms with E-state index in [1.165, 1.54) is 10.4 Å². The van der Waals surface area contributed by atoms with Crippen LogP contribution in [0.3, 0.4) is 0 Å². The van der Waals surface area contributed by atoms with Crippen LogP contribution in [0.15, 0.2) is 46.7 Å². The average Bonchev–Trinajstić information content (AvgIpc) is 2.94. The van der Waals surface area contributed by atoms with E-state index >= 15 is 0 Å². The molecule has 0 saturated carbocycles. The van der Waals surface area contributed by atoms with Gasteiger partial charge in [0.1, 0.15) is 0 Å². The van der Waals surface area contributed by atoms with Crippen LogP contribution in [0.4, 0.5) is 0 Å². The predicted octanol–water partition coefficient (Wildman–Crippen LogP) is 0.514. The lowest BCUT2D eigenvalue weighted by Crippen LogP contribution is -2.45. The number of piperidine rings is 1. The van der Waals surface area contributed by atoms with E-state index in [2.05, 4.69) is 5.32 Å². The summed E-state index contributed by atoms with van der Waals surface area (Å²) in [6.07, 6.45) is 2.31. The Morgan fingerprint density at radius 3 is 2.32 bits per heavy atom. The smallest absolute Gasteiger partial charge is 0.243 e. The Labute approximate surface area is 147 Å². The van der Waals surface area contributed by atoms with E-state index in [9.17, 15) is 21.6 Å². The Bertz CT molecular complexity index is 870. The quantitative estimate of drug-likeness (QED) is 0.815. The van der Waals surface area contributed by atoms with Crippen LogP contribution in [0.25, 0.3) is 0 Å². The Kier molecular flexibility index (Phi) is 4.99. The van der Waals surface area contributed by atoms with Gasteiger partial charge >= 0.3 is 0 Å². The maximum atomic E-state index is 12.6. The summed E-state index contributed by atoms with van der Waals surface area (Å²) in [5.41, 5.74) is 0. The highest BCUT2D eigenvalue weighted by Crippen LogP contribution is 2.24. The second-order valence-electron chi connectivity index (χ2n) is 6.26. The molecule has 1 amide bonds. The molecule has 1 aromatic rings. The van der Waals surface area contributed by atoms with Crippen molar-refractivity contribution in [3.8, 4) is 0 Å². The average molecular weight is 384 g/mol. The zero-order valence-corrected chi connectivity index (χ0v) is 15.2. The first kappa shape index (κ1) is 18.1. The molecule has 1 atom stereocenters. The van der Waals surface area contributed by atoms with E-state index in [0.29, 0.717) is 12.8 Å². The van der Waals surface area contributed by atoms with Gasteiger partial charge in [0.05, 0.1) is 16.7 Å². The number of sulfone groups is 1. The molecule has 0 spiro atoms. The van der Waals surface area contributed by atoms with Crippen LogP contribution in [0.5, 0.6) is 0 Å². The standard InChI is InChI=1S/C16H20N2O5S2/c19-16(17-14-8-11-24(20,21)12-14)13-6-9-18(10-7-13)25(22,23)15-4-2-1-3-5-15/h1-5,8,11,13-14H,6-7,9-10,12H2,(H,17,19). The minimum absolute atomic E-state index is 0.111. The molecular formula is C16H20N2O5S2. The molecule has 9 heteroatoms. The van der Waals surface area contributed by atoms with Crippen LogP contribution >= 0.6 is 0 Å². The van der Waals surface area contributed by atoms with Crippen molar-refractivity contribution >= 4 is 25.8 Å². The Hall–Kier alpha value is -1.71. The predicted molar refractivity (Wildman–Crippen MR) is 92.8 cm³/mol. The molecule has 1 saturated heterocycles. The van der Waals surface area contributed by atoms with Gasteiger partial charge in [-0.2, -0.15) is 4.31 Å². The van der Waals surface area contributed by atoms with Crippen molar-refractivity contribution < 1.29 is 21.6 Å². The summed E-state index contributed by atoms with van der Waals surface area (Å²) in [5, 5.41) is 3.83. The minimum atomic E-state index is -3.54. The van der Waals surface area contributed by atoms with Crippen molar-refractivity contribution in [2.75, 3.05) is 18.8 Å². The molecule has 3 rings (SSSR count). The highest BCUT2D eigenvalue weighted by molar-refractivity contribution is 7.94. The van der Waals surface area contributed by atoms with Gasteiger partial charge in [0, 0.05) is 24.4 Å². The minimum Gasteiger partial charge on any atom is -0.349 e. The summed E-state index contributed by atoms with van der Waals surface area (Å²) in [5.74, 6) is -0.637. The topological polar surface area (TPSA) is 101 Å². The summed E-state index contributed by atoms with van der Waals surface area (Å²) < 4.78 is 49.3. The fraction of sp³-hybridized carbons (Fsp3) is 0.438. The van der Waals surface area contributed by atoms with Crippen molar-refractivity contribution in [3.05, 3.63) is 41.8 Å². The monoisotopic (exact) mass is 384 g/mol. The molecule has 2 aliphatic heterocycles. The number of amides is 1. The highest BCUT2D eigenvalue weighted by Gasteiger charge is 2.33. The van der Waals surface area contributed by atoms with Crippen LogP contribution < -0.4 is 5.32 Å². The number of hydrogen-bond acceptors (Lipinski definition) is 5. The van der Waals surface area contributed by atoms with E-state index in [4.69, 9.17) is 0 Å². The van der Waals surface area contributed by atoms with Crippen LogP contribution in [0, 0.1) is 5.92 Å². The first-order valence-corrected chi connectivity index (χ1v) is 11.2. The molecule has 2 aliphatic rings. The van der Waals surface area contributed by atoms with Gasteiger partial charge in [0.15, 0.2) is 9.84 Å². The molecule has 1 unspecified atom stereocenters. The van der Waals surface area contributed by atoms with E-state index in [-0.39, 0.29) is 35.6 Å². The Morgan fingerprint density at radius 2 is 1.76 bits per heavy atom. The van der Waals surface area contributed by atoms with Gasteiger partial charge < -0.3 is 5.32 Å². The molecule has 1 fully saturated rings. The van der Waals surface area contributed by atoms with Crippen molar-refractivity contribution in [1.29, 1.82) is 0 Å². The van der Waals surface area contributed by atoms with Crippen molar-refractivity contribution in [2.24, 2.45) is 5.92 Å².